The number of imidazole rings is 1. The lowest BCUT2D eigenvalue weighted by Gasteiger charge is -2.33. The van der Waals surface area contributed by atoms with Gasteiger partial charge >= 0.3 is 0 Å². The number of carbonyl (C=O) groups is 1. The van der Waals surface area contributed by atoms with Crippen LogP contribution in [0.15, 0.2) is 30.5 Å². The Labute approximate surface area is 183 Å². The largest absolute Gasteiger partial charge is 0.381 e. The number of aryl methyl sites for hydroxylation is 2. The number of amides is 1. The number of nitrogens with zero attached hydrogens (tertiary/aromatic N) is 5. The van der Waals surface area contributed by atoms with Crippen LogP contribution in [0.2, 0.25) is 0 Å². The highest BCUT2D eigenvalue weighted by Crippen LogP contribution is 2.29. The minimum absolute atomic E-state index is 0.0495. The molecule has 2 fully saturated rings. The van der Waals surface area contributed by atoms with Gasteiger partial charge in [0.15, 0.2) is 5.69 Å². The number of para-hydroxylation sites is 1. The molecule has 7 heteroatoms. The smallest absolute Gasteiger partial charge is 0.275 e. The van der Waals surface area contributed by atoms with Crippen molar-refractivity contribution in [2.45, 2.75) is 45.1 Å². The second kappa shape index (κ2) is 8.46. The Kier molecular flexibility index (Phi) is 5.52. The van der Waals surface area contributed by atoms with Crippen molar-refractivity contribution in [1.29, 1.82) is 0 Å². The molecule has 1 unspecified atom stereocenters. The Hall–Kier alpha value is -2.67. The molecule has 4 heterocycles. The van der Waals surface area contributed by atoms with Crippen LogP contribution in [0, 0.1) is 12.8 Å². The maximum atomic E-state index is 13.4. The van der Waals surface area contributed by atoms with E-state index in [1.54, 1.807) is 4.68 Å². The number of hydrogen-bond donors (Lipinski definition) is 0. The molecule has 164 valence electrons. The van der Waals surface area contributed by atoms with E-state index >= 15 is 0 Å². The van der Waals surface area contributed by atoms with Crippen LogP contribution in [-0.2, 0) is 18.3 Å². The van der Waals surface area contributed by atoms with Crippen molar-refractivity contribution in [2.24, 2.45) is 13.0 Å². The summed E-state index contributed by atoms with van der Waals surface area (Å²) < 4.78 is 9.74. The third-order valence-electron chi connectivity index (χ3n) is 6.88. The molecule has 7 nitrogen and oxygen atoms in total. The molecule has 0 bridgehead atoms. The van der Waals surface area contributed by atoms with Gasteiger partial charge in [0.05, 0.1) is 5.52 Å². The number of carbonyl (C=O) groups excluding carboxylic acids is 1. The third kappa shape index (κ3) is 3.87. The van der Waals surface area contributed by atoms with Crippen LogP contribution in [0.25, 0.3) is 10.9 Å². The molecular weight excluding hydrogens is 390 g/mol. The molecule has 0 aliphatic carbocycles. The summed E-state index contributed by atoms with van der Waals surface area (Å²) >= 11 is 0. The van der Waals surface area contributed by atoms with E-state index in [1.807, 2.05) is 42.4 Å². The Morgan fingerprint density at radius 1 is 1.19 bits per heavy atom. The highest BCUT2D eigenvalue weighted by atomic mass is 16.5. The first-order valence-corrected chi connectivity index (χ1v) is 11.4. The lowest BCUT2D eigenvalue weighted by Crippen LogP contribution is -2.41. The topological polar surface area (TPSA) is 65.2 Å². The second-order valence-corrected chi connectivity index (χ2v) is 9.00. The van der Waals surface area contributed by atoms with E-state index < -0.39 is 0 Å². The van der Waals surface area contributed by atoms with Crippen molar-refractivity contribution < 1.29 is 9.53 Å². The zero-order chi connectivity index (χ0) is 21.4. The van der Waals surface area contributed by atoms with Crippen molar-refractivity contribution in [3.05, 3.63) is 47.7 Å². The molecule has 3 aromatic rings. The highest BCUT2D eigenvalue weighted by molar-refractivity contribution is 6.04. The first-order chi connectivity index (χ1) is 15.1. The molecule has 0 N–H and O–H groups in total. The van der Waals surface area contributed by atoms with Gasteiger partial charge in [-0.25, -0.2) is 4.98 Å². The van der Waals surface area contributed by atoms with E-state index in [0.29, 0.717) is 17.5 Å². The fourth-order valence-electron chi connectivity index (χ4n) is 5.18. The number of piperidine rings is 1. The average molecular weight is 422 g/mol. The first kappa shape index (κ1) is 20.2. The van der Waals surface area contributed by atoms with E-state index in [-0.39, 0.29) is 5.91 Å². The number of ether oxygens (including phenoxy) is 1. The summed E-state index contributed by atoms with van der Waals surface area (Å²) in [6, 6.07) is 7.96. The molecule has 2 aliphatic rings. The minimum Gasteiger partial charge on any atom is -0.381 e. The molecule has 0 spiro atoms. The fraction of sp³-hybridized carbons (Fsp3) is 0.542. The Bertz CT molecular complexity index is 1080. The van der Waals surface area contributed by atoms with Crippen molar-refractivity contribution in [2.75, 3.05) is 26.3 Å². The van der Waals surface area contributed by atoms with Gasteiger partial charge in [0.1, 0.15) is 5.82 Å². The average Bonchev–Trinajstić information content (AvgIpc) is 3.34. The van der Waals surface area contributed by atoms with Crippen molar-refractivity contribution in [3.8, 4) is 0 Å². The lowest BCUT2D eigenvalue weighted by atomic mass is 9.96. The highest BCUT2D eigenvalue weighted by Gasteiger charge is 2.29. The molecule has 31 heavy (non-hydrogen) atoms. The van der Waals surface area contributed by atoms with Gasteiger partial charge in [-0.15, -0.1) is 0 Å². The lowest BCUT2D eigenvalue weighted by molar-refractivity contribution is 0.0652. The molecule has 0 radical (unpaired) electrons. The van der Waals surface area contributed by atoms with Gasteiger partial charge in [-0.3, -0.25) is 9.48 Å². The zero-order valence-corrected chi connectivity index (χ0v) is 18.5. The SMILES string of the molecule is Cc1cnc(C2CCOCC2)n1CC1CCCN(C(=O)c2nn(C)c3ccccc23)C1. The normalized spacial score (nSPS) is 20.5. The molecule has 1 aromatic carbocycles. The summed E-state index contributed by atoms with van der Waals surface area (Å²) in [7, 11) is 1.90. The summed E-state index contributed by atoms with van der Waals surface area (Å²) in [4.78, 5) is 20.1. The Morgan fingerprint density at radius 2 is 2.00 bits per heavy atom. The van der Waals surface area contributed by atoms with Gasteiger partial charge in [-0.05, 0) is 44.6 Å². The molecule has 1 amide bonds. The van der Waals surface area contributed by atoms with E-state index in [1.165, 1.54) is 11.5 Å². The molecule has 5 rings (SSSR count). The van der Waals surface area contributed by atoms with E-state index in [2.05, 4.69) is 16.6 Å². The van der Waals surface area contributed by atoms with E-state index in [4.69, 9.17) is 9.72 Å². The number of aromatic nitrogens is 4. The quantitative estimate of drug-likeness (QED) is 0.647. The van der Waals surface area contributed by atoms with Gasteiger partial charge in [0.25, 0.3) is 5.91 Å². The van der Waals surface area contributed by atoms with Gasteiger partial charge in [0, 0.05) is 63.1 Å². The number of likely N-dealkylation sites (tertiary alicyclic amines) is 1. The number of rotatable bonds is 4. The maximum absolute atomic E-state index is 13.4. The predicted molar refractivity (Wildman–Crippen MR) is 119 cm³/mol. The Morgan fingerprint density at radius 3 is 2.84 bits per heavy atom. The van der Waals surface area contributed by atoms with Crippen LogP contribution < -0.4 is 0 Å². The van der Waals surface area contributed by atoms with Crippen LogP contribution in [-0.4, -0.2) is 56.4 Å². The van der Waals surface area contributed by atoms with Crippen molar-refractivity contribution >= 4 is 16.8 Å². The third-order valence-corrected chi connectivity index (χ3v) is 6.88. The van der Waals surface area contributed by atoms with Crippen LogP contribution in [0.1, 0.15) is 53.6 Å². The summed E-state index contributed by atoms with van der Waals surface area (Å²) in [5, 5.41) is 5.49. The second-order valence-electron chi connectivity index (χ2n) is 9.00. The predicted octanol–water partition coefficient (Wildman–Crippen LogP) is 3.52. The number of hydrogen-bond acceptors (Lipinski definition) is 4. The molecule has 2 aliphatic heterocycles. The molecular formula is C24H31N5O2. The fourth-order valence-corrected chi connectivity index (χ4v) is 5.18. The monoisotopic (exact) mass is 421 g/mol. The van der Waals surface area contributed by atoms with Gasteiger partial charge in [0.2, 0.25) is 0 Å². The van der Waals surface area contributed by atoms with Gasteiger partial charge < -0.3 is 14.2 Å². The van der Waals surface area contributed by atoms with E-state index in [0.717, 1.165) is 69.4 Å². The van der Waals surface area contributed by atoms with Crippen LogP contribution >= 0.6 is 0 Å². The van der Waals surface area contributed by atoms with Gasteiger partial charge in [-0.1, -0.05) is 18.2 Å². The summed E-state index contributed by atoms with van der Waals surface area (Å²) in [6.45, 7) is 6.28. The number of fused-ring (bicyclic) bond motifs is 1. The molecule has 0 saturated carbocycles. The minimum atomic E-state index is 0.0495. The standard InChI is InChI=1S/C24H31N5O2/c1-17-14-25-23(19-9-12-31-13-10-19)29(17)16-18-6-5-11-28(15-18)24(30)22-20-7-3-4-8-21(20)27(2)26-22/h3-4,7-8,14,18-19H,5-6,9-13,15-16H2,1-2H3. The Balaban J connectivity index is 1.33. The molecule has 2 saturated heterocycles. The van der Waals surface area contributed by atoms with Crippen LogP contribution in [0.3, 0.4) is 0 Å². The first-order valence-electron chi connectivity index (χ1n) is 11.4. The summed E-state index contributed by atoms with van der Waals surface area (Å²) in [5.41, 5.74) is 2.77. The van der Waals surface area contributed by atoms with E-state index in [9.17, 15) is 4.79 Å². The van der Waals surface area contributed by atoms with Crippen LogP contribution in [0.4, 0.5) is 0 Å². The zero-order valence-electron chi connectivity index (χ0n) is 18.5. The summed E-state index contributed by atoms with van der Waals surface area (Å²) in [6.07, 6.45) is 6.24. The van der Waals surface area contributed by atoms with Crippen molar-refractivity contribution in [3.63, 3.8) is 0 Å². The number of benzene rings is 1. The molecule has 2 aromatic heterocycles. The van der Waals surface area contributed by atoms with Gasteiger partial charge in [-0.2, -0.15) is 5.10 Å². The van der Waals surface area contributed by atoms with Crippen LogP contribution in [0.5, 0.6) is 0 Å². The van der Waals surface area contributed by atoms with Crippen molar-refractivity contribution in [1.82, 2.24) is 24.2 Å². The maximum Gasteiger partial charge on any atom is 0.275 e. The summed E-state index contributed by atoms with van der Waals surface area (Å²) in [5.74, 6) is 2.15. The molecule has 1 atom stereocenters.